The summed E-state index contributed by atoms with van der Waals surface area (Å²) < 4.78 is 24.8. The van der Waals surface area contributed by atoms with E-state index in [0.29, 0.717) is 19.0 Å². The molecule has 0 bridgehead atoms. The lowest BCUT2D eigenvalue weighted by atomic mass is 9.98. The van der Waals surface area contributed by atoms with Crippen LogP contribution < -0.4 is 5.32 Å². The molecule has 2 heterocycles. The van der Waals surface area contributed by atoms with Crippen molar-refractivity contribution in [2.45, 2.75) is 26.2 Å². The Morgan fingerprint density at radius 2 is 1.96 bits per heavy atom. The molecule has 0 saturated carbocycles. The molecule has 0 atom stereocenters. The van der Waals surface area contributed by atoms with Crippen LogP contribution in [0.4, 0.5) is 5.69 Å². The number of hydrogen-bond acceptors (Lipinski definition) is 4. The molecule has 6 heteroatoms. The maximum absolute atomic E-state index is 11.6. The molecule has 1 fully saturated rings. The fourth-order valence-corrected chi connectivity index (χ4v) is 4.13. The molecule has 1 aromatic carbocycles. The van der Waals surface area contributed by atoms with Crippen molar-refractivity contribution in [3.05, 3.63) is 36.0 Å². The largest absolute Gasteiger partial charge is 0.384 e. The normalized spacial score (nSPS) is 17.2. The average Bonchev–Trinajstić information content (AvgIpc) is 2.59. The van der Waals surface area contributed by atoms with E-state index in [9.17, 15) is 8.42 Å². The second-order valence-corrected chi connectivity index (χ2v) is 8.50. The minimum atomic E-state index is -3.05. The molecular formula is C18H25N3O2S. The zero-order valence-corrected chi connectivity index (χ0v) is 15.1. The van der Waals surface area contributed by atoms with Gasteiger partial charge in [0.05, 0.1) is 11.8 Å². The summed E-state index contributed by atoms with van der Waals surface area (Å²) in [5, 5.41) is 4.72. The first-order chi connectivity index (χ1) is 11.5. The second kappa shape index (κ2) is 7.07. The number of nitrogens with zero attached hydrogens (tertiary/aromatic N) is 2. The lowest BCUT2D eigenvalue weighted by Gasteiger charge is -2.30. The molecule has 5 nitrogen and oxygen atoms in total. The van der Waals surface area contributed by atoms with Gasteiger partial charge in [-0.2, -0.15) is 0 Å². The number of sulfonamides is 1. The van der Waals surface area contributed by atoms with Crippen molar-refractivity contribution in [3.63, 3.8) is 0 Å². The van der Waals surface area contributed by atoms with E-state index >= 15 is 0 Å². The van der Waals surface area contributed by atoms with Crippen LogP contribution in [0.1, 0.15) is 25.5 Å². The van der Waals surface area contributed by atoms with E-state index in [1.165, 1.54) is 6.26 Å². The van der Waals surface area contributed by atoms with Crippen LogP contribution in [-0.2, 0) is 16.4 Å². The molecule has 1 aromatic heterocycles. The van der Waals surface area contributed by atoms with Gasteiger partial charge in [-0.1, -0.05) is 25.1 Å². The number of hydrogen-bond donors (Lipinski definition) is 1. The maximum Gasteiger partial charge on any atom is 0.211 e. The Balaban J connectivity index is 1.68. The van der Waals surface area contributed by atoms with Crippen molar-refractivity contribution < 1.29 is 8.42 Å². The minimum absolute atomic E-state index is 0.500. The van der Waals surface area contributed by atoms with Gasteiger partial charge in [-0.05, 0) is 37.3 Å². The Kier molecular flexibility index (Phi) is 5.06. The fraction of sp³-hybridized carbons (Fsp3) is 0.500. The predicted octanol–water partition coefficient (Wildman–Crippen LogP) is 2.88. The first kappa shape index (κ1) is 17.2. The lowest BCUT2D eigenvalue weighted by molar-refractivity contribution is 0.283. The molecule has 0 amide bonds. The van der Waals surface area contributed by atoms with Crippen molar-refractivity contribution in [1.29, 1.82) is 0 Å². The smallest absolute Gasteiger partial charge is 0.211 e. The van der Waals surface area contributed by atoms with Gasteiger partial charge in [0, 0.05) is 36.4 Å². The Hall–Kier alpha value is -1.66. The Morgan fingerprint density at radius 1 is 1.25 bits per heavy atom. The number of nitrogens with one attached hydrogen (secondary N) is 1. The first-order valence-corrected chi connectivity index (χ1v) is 10.4. The van der Waals surface area contributed by atoms with E-state index in [-0.39, 0.29) is 0 Å². The van der Waals surface area contributed by atoms with Crippen molar-refractivity contribution in [2.75, 3.05) is 31.2 Å². The minimum Gasteiger partial charge on any atom is -0.384 e. The van der Waals surface area contributed by atoms with Crippen LogP contribution in [-0.4, -0.2) is 43.6 Å². The fourth-order valence-electron chi connectivity index (χ4n) is 3.26. The van der Waals surface area contributed by atoms with Crippen LogP contribution in [0.15, 0.2) is 30.3 Å². The summed E-state index contributed by atoms with van der Waals surface area (Å²) in [6.45, 7) is 4.24. The molecule has 0 spiro atoms. The van der Waals surface area contributed by atoms with E-state index in [2.05, 4.69) is 29.4 Å². The molecule has 0 aliphatic carbocycles. The second-order valence-electron chi connectivity index (χ2n) is 6.52. The number of aromatic nitrogens is 1. The Bertz CT molecular complexity index is 812. The van der Waals surface area contributed by atoms with Gasteiger partial charge in [-0.15, -0.1) is 0 Å². The van der Waals surface area contributed by atoms with Crippen LogP contribution in [0.5, 0.6) is 0 Å². The van der Waals surface area contributed by atoms with Crippen LogP contribution in [0.3, 0.4) is 0 Å². The number of aryl methyl sites for hydroxylation is 1. The van der Waals surface area contributed by atoms with Gasteiger partial charge in [0.2, 0.25) is 10.0 Å². The third-order valence-corrected chi connectivity index (χ3v) is 6.06. The van der Waals surface area contributed by atoms with Crippen LogP contribution in [0.2, 0.25) is 0 Å². The van der Waals surface area contributed by atoms with Crippen LogP contribution in [0.25, 0.3) is 10.9 Å². The number of fused-ring (bicyclic) bond motifs is 1. The Morgan fingerprint density at radius 3 is 2.62 bits per heavy atom. The number of piperidine rings is 1. The summed E-state index contributed by atoms with van der Waals surface area (Å²) in [5.74, 6) is 0.500. The number of pyridine rings is 1. The molecule has 3 rings (SSSR count). The quantitative estimate of drug-likeness (QED) is 0.903. The van der Waals surface area contributed by atoms with Gasteiger partial charge in [0.25, 0.3) is 0 Å². The third kappa shape index (κ3) is 3.87. The molecule has 2 aromatic rings. The SMILES string of the molecule is CCc1cc(NCC2CCN(S(C)(=O)=O)CC2)c2ccccc2n1. The molecule has 0 unspecified atom stereocenters. The van der Waals surface area contributed by atoms with E-state index in [0.717, 1.165) is 48.1 Å². The van der Waals surface area contributed by atoms with Gasteiger partial charge < -0.3 is 5.32 Å². The summed E-state index contributed by atoms with van der Waals surface area (Å²) >= 11 is 0. The zero-order chi connectivity index (χ0) is 17.2. The summed E-state index contributed by atoms with van der Waals surface area (Å²) in [6.07, 6.45) is 4.01. The van der Waals surface area contributed by atoms with Crippen molar-refractivity contribution in [3.8, 4) is 0 Å². The lowest BCUT2D eigenvalue weighted by Crippen LogP contribution is -2.39. The van der Waals surface area contributed by atoms with Gasteiger partial charge in [0.15, 0.2) is 0 Å². The van der Waals surface area contributed by atoms with E-state index in [1.807, 2.05) is 18.2 Å². The van der Waals surface area contributed by atoms with Crippen molar-refractivity contribution in [1.82, 2.24) is 9.29 Å². The molecule has 1 aliphatic heterocycles. The standard InChI is InChI=1S/C18H25N3O2S/c1-3-15-12-18(16-6-4-5-7-17(16)20-15)19-13-14-8-10-21(11-9-14)24(2,22)23/h4-7,12,14H,3,8-11,13H2,1-2H3,(H,19,20). The number of para-hydroxylation sites is 1. The summed E-state index contributed by atoms with van der Waals surface area (Å²) in [6, 6.07) is 10.3. The first-order valence-electron chi connectivity index (χ1n) is 8.55. The van der Waals surface area contributed by atoms with Crippen molar-refractivity contribution in [2.24, 2.45) is 5.92 Å². The van der Waals surface area contributed by atoms with Crippen LogP contribution in [0, 0.1) is 5.92 Å². The third-order valence-electron chi connectivity index (χ3n) is 4.76. The van der Waals surface area contributed by atoms with Gasteiger partial charge in [-0.3, -0.25) is 4.98 Å². The molecule has 0 radical (unpaired) electrons. The predicted molar refractivity (Wildman–Crippen MR) is 98.8 cm³/mol. The summed E-state index contributed by atoms with van der Waals surface area (Å²) in [5.41, 5.74) is 3.23. The molecule has 24 heavy (non-hydrogen) atoms. The van der Waals surface area contributed by atoms with Gasteiger partial charge in [0.1, 0.15) is 0 Å². The molecule has 1 N–H and O–H groups in total. The van der Waals surface area contributed by atoms with Crippen molar-refractivity contribution >= 4 is 26.6 Å². The van der Waals surface area contributed by atoms with Gasteiger partial charge in [-0.25, -0.2) is 12.7 Å². The number of benzene rings is 1. The Labute approximate surface area is 144 Å². The average molecular weight is 347 g/mol. The summed E-state index contributed by atoms with van der Waals surface area (Å²) in [7, 11) is -3.05. The monoisotopic (exact) mass is 347 g/mol. The highest BCUT2D eigenvalue weighted by Gasteiger charge is 2.24. The highest BCUT2D eigenvalue weighted by atomic mass is 32.2. The summed E-state index contributed by atoms with van der Waals surface area (Å²) in [4.78, 5) is 4.67. The zero-order valence-electron chi connectivity index (χ0n) is 14.3. The van der Waals surface area contributed by atoms with E-state index in [4.69, 9.17) is 0 Å². The van der Waals surface area contributed by atoms with Crippen LogP contribution >= 0.6 is 0 Å². The maximum atomic E-state index is 11.6. The highest BCUT2D eigenvalue weighted by Crippen LogP contribution is 2.25. The van der Waals surface area contributed by atoms with E-state index in [1.54, 1.807) is 4.31 Å². The molecule has 1 saturated heterocycles. The number of rotatable bonds is 5. The topological polar surface area (TPSA) is 62.3 Å². The number of anilines is 1. The molecular weight excluding hydrogens is 322 g/mol. The molecule has 1 aliphatic rings. The highest BCUT2D eigenvalue weighted by molar-refractivity contribution is 7.88. The van der Waals surface area contributed by atoms with E-state index < -0.39 is 10.0 Å². The van der Waals surface area contributed by atoms with Gasteiger partial charge >= 0.3 is 0 Å². The molecule has 130 valence electrons.